The number of imidazole rings is 1. The molecule has 0 spiro atoms. The van der Waals surface area contributed by atoms with Crippen LogP contribution in [0, 0.1) is 6.92 Å². The van der Waals surface area contributed by atoms with Gasteiger partial charge in [-0.2, -0.15) is 0 Å². The van der Waals surface area contributed by atoms with Gasteiger partial charge in [0.2, 0.25) is 0 Å². The minimum Gasteiger partial charge on any atom is -0.334 e. The zero-order valence-electron chi connectivity index (χ0n) is 11.4. The molecule has 2 heterocycles. The summed E-state index contributed by atoms with van der Waals surface area (Å²) in [4.78, 5) is 4.20. The predicted octanol–water partition coefficient (Wildman–Crippen LogP) is 1.44. The predicted molar refractivity (Wildman–Crippen MR) is 75.9 cm³/mol. The Hall–Kier alpha value is -1.34. The molecule has 0 aromatic carbocycles. The highest BCUT2D eigenvalue weighted by Gasteiger charge is 2.10. The Kier molecular flexibility index (Phi) is 4.98. The van der Waals surface area contributed by atoms with E-state index in [-0.39, 0.29) is 0 Å². The molecule has 7 heteroatoms. The van der Waals surface area contributed by atoms with E-state index in [0.29, 0.717) is 6.54 Å². The van der Waals surface area contributed by atoms with Gasteiger partial charge in [0.15, 0.2) is 5.16 Å². The SMILES string of the molecule is CCCn1cncc1CSc1nnc(C)n1CCN. The lowest BCUT2D eigenvalue weighted by Crippen LogP contribution is -2.12. The van der Waals surface area contributed by atoms with Gasteiger partial charge in [-0.15, -0.1) is 10.2 Å². The number of rotatable bonds is 7. The van der Waals surface area contributed by atoms with Gasteiger partial charge in [0, 0.05) is 37.3 Å². The van der Waals surface area contributed by atoms with Gasteiger partial charge in [0.05, 0.1) is 6.33 Å². The summed E-state index contributed by atoms with van der Waals surface area (Å²) < 4.78 is 4.24. The van der Waals surface area contributed by atoms with Gasteiger partial charge in [-0.3, -0.25) is 0 Å². The quantitative estimate of drug-likeness (QED) is 0.777. The van der Waals surface area contributed by atoms with Crippen molar-refractivity contribution in [1.29, 1.82) is 0 Å². The van der Waals surface area contributed by atoms with Crippen molar-refractivity contribution in [2.45, 2.75) is 44.3 Å². The summed E-state index contributed by atoms with van der Waals surface area (Å²) in [5, 5.41) is 9.23. The Bertz CT molecular complexity index is 518. The topological polar surface area (TPSA) is 74.5 Å². The van der Waals surface area contributed by atoms with Gasteiger partial charge in [-0.05, 0) is 13.3 Å². The van der Waals surface area contributed by atoms with E-state index in [0.717, 1.165) is 36.2 Å². The molecule has 2 N–H and O–H groups in total. The number of thioether (sulfide) groups is 1. The Morgan fingerprint density at radius 1 is 1.32 bits per heavy atom. The fraction of sp³-hybridized carbons (Fsp3) is 0.583. The first-order chi connectivity index (χ1) is 9.26. The van der Waals surface area contributed by atoms with Gasteiger partial charge in [0.1, 0.15) is 5.82 Å². The molecule has 2 rings (SSSR count). The fourth-order valence-corrected chi connectivity index (χ4v) is 2.90. The third kappa shape index (κ3) is 3.36. The van der Waals surface area contributed by atoms with Crippen molar-refractivity contribution < 1.29 is 0 Å². The van der Waals surface area contributed by atoms with E-state index in [4.69, 9.17) is 5.73 Å². The van der Waals surface area contributed by atoms with Crippen molar-refractivity contribution >= 4 is 11.8 Å². The highest BCUT2D eigenvalue weighted by atomic mass is 32.2. The fourth-order valence-electron chi connectivity index (χ4n) is 1.90. The number of nitrogens with zero attached hydrogens (tertiary/aromatic N) is 5. The second-order valence-electron chi connectivity index (χ2n) is 4.34. The van der Waals surface area contributed by atoms with Crippen LogP contribution in [-0.2, 0) is 18.8 Å². The first kappa shape index (κ1) is 14.1. The smallest absolute Gasteiger partial charge is 0.191 e. The van der Waals surface area contributed by atoms with Crippen LogP contribution in [0.4, 0.5) is 0 Å². The number of hydrogen-bond donors (Lipinski definition) is 1. The first-order valence-electron chi connectivity index (χ1n) is 6.48. The summed E-state index contributed by atoms with van der Waals surface area (Å²) in [6.45, 7) is 6.48. The molecule has 104 valence electrons. The standard InChI is InChI=1S/C12H20N6S/c1-3-5-17-9-14-7-11(17)8-19-12-16-15-10(2)18(12)6-4-13/h7,9H,3-6,8,13H2,1-2H3. The van der Waals surface area contributed by atoms with Crippen LogP contribution in [0.2, 0.25) is 0 Å². The summed E-state index contributed by atoms with van der Waals surface area (Å²) >= 11 is 1.68. The first-order valence-corrected chi connectivity index (χ1v) is 7.46. The van der Waals surface area contributed by atoms with E-state index < -0.39 is 0 Å². The highest BCUT2D eigenvalue weighted by molar-refractivity contribution is 7.98. The lowest BCUT2D eigenvalue weighted by atomic mass is 10.4. The van der Waals surface area contributed by atoms with Gasteiger partial charge in [-0.25, -0.2) is 4.98 Å². The van der Waals surface area contributed by atoms with E-state index in [9.17, 15) is 0 Å². The molecule has 0 saturated heterocycles. The molecule has 2 aromatic rings. The van der Waals surface area contributed by atoms with Crippen LogP contribution in [0.1, 0.15) is 24.9 Å². The molecule has 0 fully saturated rings. The molecule has 0 aliphatic heterocycles. The van der Waals surface area contributed by atoms with Crippen LogP contribution in [0.15, 0.2) is 17.7 Å². The van der Waals surface area contributed by atoms with Crippen molar-refractivity contribution in [3.63, 3.8) is 0 Å². The van der Waals surface area contributed by atoms with Crippen LogP contribution in [0.5, 0.6) is 0 Å². The van der Waals surface area contributed by atoms with Gasteiger partial charge >= 0.3 is 0 Å². The van der Waals surface area contributed by atoms with Crippen LogP contribution in [0.25, 0.3) is 0 Å². The Morgan fingerprint density at radius 3 is 2.89 bits per heavy atom. The largest absolute Gasteiger partial charge is 0.334 e. The van der Waals surface area contributed by atoms with Crippen molar-refractivity contribution in [1.82, 2.24) is 24.3 Å². The molecule has 0 radical (unpaired) electrons. The van der Waals surface area contributed by atoms with Gasteiger partial charge < -0.3 is 14.9 Å². The monoisotopic (exact) mass is 280 g/mol. The molecule has 0 aliphatic rings. The lowest BCUT2D eigenvalue weighted by Gasteiger charge is -2.08. The van der Waals surface area contributed by atoms with Crippen LogP contribution < -0.4 is 5.73 Å². The zero-order chi connectivity index (χ0) is 13.7. The number of hydrogen-bond acceptors (Lipinski definition) is 5. The molecule has 0 aliphatic carbocycles. The van der Waals surface area contributed by atoms with Gasteiger partial charge in [0.25, 0.3) is 0 Å². The van der Waals surface area contributed by atoms with Crippen molar-refractivity contribution in [2.24, 2.45) is 5.73 Å². The minimum absolute atomic E-state index is 0.597. The minimum atomic E-state index is 0.597. The molecular weight excluding hydrogens is 260 g/mol. The van der Waals surface area contributed by atoms with E-state index >= 15 is 0 Å². The average molecular weight is 280 g/mol. The highest BCUT2D eigenvalue weighted by Crippen LogP contribution is 2.21. The van der Waals surface area contributed by atoms with E-state index in [1.807, 2.05) is 19.4 Å². The van der Waals surface area contributed by atoms with Crippen LogP contribution in [0.3, 0.4) is 0 Å². The summed E-state index contributed by atoms with van der Waals surface area (Å²) in [6.07, 6.45) is 4.91. The molecular formula is C12H20N6S. The zero-order valence-corrected chi connectivity index (χ0v) is 12.2. The molecule has 0 amide bonds. The molecule has 0 saturated carbocycles. The third-order valence-electron chi connectivity index (χ3n) is 2.87. The number of aromatic nitrogens is 5. The Labute approximate surface area is 117 Å². The maximum atomic E-state index is 5.61. The normalized spacial score (nSPS) is 11.1. The molecule has 2 aromatic heterocycles. The maximum Gasteiger partial charge on any atom is 0.191 e. The van der Waals surface area contributed by atoms with Crippen LogP contribution in [-0.4, -0.2) is 30.9 Å². The van der Waals surface area contributed by atoms with Gasteiger partial charge in [-0.1, -0.05) is 18.7 Å². The third-order valence-corrected chi connectivity index (χ3v) is 3.87. The molecule has 6 nitrogen and oxygen atoms in total. The van der Waals surface area contributed by atoms with E-state index in [2.05, 4.69) is 31.2 Å². The Balaban J connectivity index is 2.04. The second-order valence-corrected chi connectivity index (χ2v) is 5.28. The van der Waals surface area contributed by atoms with Crippen molar-refractivity contribution in [2.75, 3.05) is 6.54 Å². The maximum absolute atomic E-state index is 5.61. The molecule has 0 unspecified atom stereocenters. The number of aryl methyl sites for hydroxylation is 2. The molecule has 19 heavy (non-hydrogen) atoms. The van der Waals surface area contributed by atoms with E-state index in [1.54, 1.807) is 11.8 Å². The average Bonchev–Trinajstić information content (AvgIpc) is 2.97. The number of nitrogens with two attached hydrogens (primary N) is 1. The van der Waals surface area contributed by atoms with Crippen LogP contribution >= 0.6 is 11.8 Å². The van der Waals surface area contributed by atoms with Crippen molar-refractivity contribution in [3.05, 3.63) is 24.0 Å². The van der Waals surface area contributed by atoms with E-state index in [1.165, 1.54) is 5.69 Å². The lowest BCUT2D eigenvalue weighted by molar-refractivity contribution is 0.626. The second kappa shape index (κ2) is 6.72. The Morgan fingerprint density at radius 2 is 2.16 bits per heavy atom. The summed E-state index contributed by atoms with van der Waals surface area (Å²) in [6, 6.07) is 0. The van der Waals surface area contributed by atoms with Crippen molar-refractivity contribution in [3.8, 4) is 0 Å². The summed E-state index contributed by atoms with van der Waals surface area (Å²) in [7, 11) is 0. The molecule has 0 atom stereocenters. The summed E-state index contributed by atoms with van der Waals surface area (Å²) in [5.74, 6) is 1.76. The molecule has 0 bridgehead atoms. The summed E-state index contributed by atoms with van der Waals surface area (Å²) in [5.41, 5.74) is 6.83.